The van der Waals surface area contributed by atoms with Crippen molar-refractivity contribution in [2.24, 2.45) is 0 Å². The summed E-state index contributed by atoms with van der Waals surface area (Å²) in [6.45, 7) is 6.41. The number of aryl methyl sites for hydroxylation is 2. The molecule has 4 heteroatoms. The van der Waals surface area contributed by atoms with Gasteiger partial charge in [0.1, 0.15) is 5.00 Å². The summed E-state index contributed by atoms with van der Waals surface area (Å²) in [5, 5.41) is 8.21. The van der Waals surface area contributed by atoms with E-state index in [1.807, 2.05) is 0 Å². The van der Waals surface area contributed by atoms with Gasteiger partial charge >= 0.3 is 0 Å². The van der Waals surface area contributed by atoms with E-state index in [0.29, 0.717) is 0 Å². The highest BCUT2D eigenvalue weighted by atomic mass is 32.1. The fourth-order valence-electron chi connectivity index (χ4n) is 1.83. The van der Waals surface area contributed by atoms with Crippen molar-refractivity contribution >= 4 is 16.5 Å². The summed E-state index contributed by atoms with van der Waals surface area (Å²) in [5.74, 6) is 0. The van der Waals surface area contributed by atoms with Crippen molar-refractivity contribution in [2.45, 2.75) is 26.8 Å². The van der Waals surface area contributed by atoms with Crippen molar-refractivity contribution in [3.63, 3.8) is 0 Å². The van der Waals surface area contributed by atoms with Crippen LogP contribution in [0.4, 0.5) is 5.00 Å². The summed E-state index contributed by atoms with van der Waals surface area (Å²) in [6, 6.07) is 6.81. The van der Waals surface area contributed by atoms with E-state index in [0.717, 1.165) is 5.00 Å². The molecule has 1 unspecified atom stereocenters. The summed E-state index contributed by atoms with van der Waals surface area (Å²) in [4.78, 5) is 0. The molecule has 84 valence electrons. The molecule has 0 amide bonds. The maximum absolute atomic E-state index is 3.83. The van der Waals surface area contributed by atoms with E-state index in [9.17, 15) is 0 Å². The van der Waals surface area contributed by atoms with Gasteiger partial charge in [0, 0.05) is 17.6 Å². The van der Waals surface area contributed by atoms with Gasteiger partial charge in [-0.2, -0.15) is 0 Å². The first-order valence-electron chi connectivity index (χ1n) is 5.28. The minimum Gasteiger partial charge on any atom is -0.368 e. The number of aromatic nitrogens is 2. The number of nitrogens with zero attached hydrogens (tertiary/aromatic N) is 2. The van der Waals surface area contributed by atoms with Crippen LogP contribution < -0.4 is 5.32 Å². The Bertz CT molecular complexity index is 465. The van der Waals surface area contributed by atoms with Gasteiger partial charge < -0.3 is 5.32 Å². The van der Waals surface area contributed by atoms with Crippen molar-refractivity contribution in [2.75, 3.05) is 5.32 Å². The summed E-state index contributed by atoms with van der Waals surface area (Å²) < 4.78 is 3.83. The number of benzene rings is 1. The Morgan fingerprint density at radius 2 is 2.12 bits per heavy atom. The molecule has 0 bridgehead atoms. The van der Waals surface area contributed by atoms with E-state index in [4.69, 9.17) is 0 Å². The van der Waals surface area contributed by atoms with Crippen LogP contribution in [0.1, 0.15) is 29.7 Å². The van der Waals surface area contributed by atoms with E-state index >= 15 is 0 Å². The average Bonchev–Trinajstić information content (AvgIpc) is 2.70. The van der Waals surface area contributed by atoms with Gasteiger partial charge in [-0.05, 0) is 31.9 Å². The molecule has 0 aliphatic heterocycles. The molecule has 0 aliphatic rings. The molecule has 1 aromatic heterocycles. The molecule has 0 aliphatic carbocycles. The van der Waals surface area contributed by atoms with Crippen molar-refractivity contribution < 1.29 is 0 Å². The minimum absolute atomic E-state index is 0.280. The number of rotatable bonds is 3. The molecule has 0 spiro atoms. The van der Waals surface area contributed by atoms with Crippen LogP contribution in [-0.4, -0.2) is 9.59 Å². The fraction of sp³-hybridized carbons (Fsp3) is 0.333. The van der Waals surface area contributed by atoms with Crippen LogP contribution in [0.5, 0.6) is 0 Å². The fourth-order valence-corrected chi connectivity index (χ4v) is 2.34. The molecule has 0 saturated carbocycles. The van der Waals surface area contributed by atoms with Crippen LogP contribution in [0.25, 0.3) is 0 Å². The number of anilines is 1. The molecule has 2 rings (SSSR count). The van der Waals surface area contributed by atoms with Crippen LogP contribution in [0.15, 0.2) is 24.4 Å². The molecular weight excluding hydrogens is 218 g/mol. The van der Waals surface area contributed by atoms with E-state index < -0.39 is 0 Å². The van der Waals surface area contributed by atoms with E-state index in [-0.39, 0.29) is 6.04 Å². The smallest absolute Gasteiger partial charge is 0.130 e. The zero-order valence-electron chi connectivity index (χ0n) is 9.69. The number of hydrogen-bond acceptors (Lipinski definition) is 4. The summed E-state index contributed by atoms with van der Waals surface area (Å²) in [7, 11) is 0. The standard InChI is InChI=1S/C12H15N3S/c1-8-4-5-11(9(2)6-8)10(3)14-12-7-13-15-16-12/h4-7,10,14H,1-3H3. The second kappa shape index (κ2) is 4.61. The predicted molar refractivity (Wildman–Crippen MR) is 67.9 cm³/mol. The zero-order valence-corrected chi connectivity index (χ0v) is 10.5. The van der Waals surface area contributed by atoms with Crippen LogP contribution in [-0.2, 0) is 0 Å². The third kappa shape index (κ3) is 2.39. The van der Waals surface area contributed by atoms with Crippen molar-refractivity contribution in [1.82, 2.24) is 9.59 Å². The third-order valence-electron chi connectivity index (χ3n) is 2.61. The number of nitrogens with one attached hydrogen (secondary N) is 1. The van der Waals surface area contributed by atoms with Gasteiger partial charge in [0.2, 0.25) is 0 Å². The second-order valence-corrected chi connectivity index (χ2v) is 4.79. The molecule has 1 atom stereocenters. The Kier molecular flexibility index (Phi) is 3.19. The average molecular weight is 233 g/mol. The lowest BCUT2D eigenvalue weighted by Gasteiger charge is -2.16. The minimum atomic E-state index is 0.280. The van der Waals surface area contributed by atoms with E-state index in [2.05, 4.69) is 53.9 Å². The topological polar surface area (TPSA) is 37.8 Å². The maximum atomic E-state index is 3.83. The van der Waals surface area contributed by atoms with Gasteiger partial charge in [-0.1, -0.05) is 28.3 Å². The van der Waals surface area contributed by atoms with Gasteiger partial charge in [0.05, 0.1) is 6.20 Å². The third-order valence-corrected chi connectivity index (χ3v) is 3.21. The van der Waals surface area contributed by atoms with Gasteiger partial charge in [-0.15, -0.1) is 5.10 Å². The van der Waals surface area contributed by atoms with Gasteiger partial charge in [0.15, 0.2) is 0 Å². The first-order chi connectivity index (χ1) is 7.66. The Hall–Kier alpha value is -1.42. The van der Waals surface area contributed by atoms with Crippen LogP contribution >= 0.6 is 11.5 Å². The largest absolute Gasteiger partial charge is 0.368 e. The van der Waals surface area contributed by atoms with E-state index in [1.54, 1.807) is 6.20 Å². The molecule has 2 aromatic rings. The molecule has 0 radical (unpaired) electrons. The molecule has 1 heterocycles. The maximum Gasteiger partial charge on any atom is 0.130 e. The normalized spacial score (nSPS) is 12.4. The number of hydrogen-bond donors (Lipinski definition) is 1. The molecule has 1 N–H and O–H groups in total. The zero-order chi connectivity index (χ0) is 11.5. The van der Waals surface area contributed by atoms with Gasteiger partial charge in [0.25, 0.3) is 0 Å². The van der Waals surface area contributed by atoms with E-state index in [1.165, 1.54) is 28.2 Å². The Balaban J connectivity index is 2.17. The highest BCUT2D eigenvalue weighted by Crippen LogP contribution is 2.23. The SMILES string of the molecule is Cc1ccc(C(C)Nc2cnns2)c(C)c1. The Labute approximate surface area is 99.7 Å². The predicted octanol–water partition coefficient (Wildman–Crippen LogP) is 3.33. The quantitative estimate of drug-likeness (QED) is 0.883. The summed E-state index contributed by atoms with van der Waals surface area (Å²) in [5.41, 5.74) is 3.93. The lowest BCUT2D eigenvalue weighted by Crippen LogP contribution is -2.07. The molecule has 1 aromatic carbocycles. The van der Waals surface area contributed by atoms with Crippen molar-refractivity contribution in [3.05, 3.63) is 41.1 Å². The van der Waals surface area contributed by atoms with Crippen molar-refractivity contribution in [3.8, 4) is 0 Å². The highest BCUT2D eigenvalue weighted by molar-refractivity contribution is 7.09. The molecule has 0 saturated heterocycles. The summed E-state index contributed by atoms with van der Waals surface area (Å²) in [6.07, 6.45) is 1.75. The molecular formula is C12H15N3S. The lowest BCUT2D eigenvalue weighted by atomic mass is 10.0. The van der Waals surface area contributed by atoms with Crippen molar-refractivity contribution in [1.29, 1.82) is 0 Å². The Morgan fingerprint density at radius 3 is 2.75 bits per heavy atom. The lowest BCUT2D eigenvalue weighted by molar-refractivity contribution is 0.876. The molecule has 3 nitrogen and oxygen atoms in total. The summed E-state index contributed by atoms with van der Waals surface area (Å²) >= 11 is 1.38. The van der Waals surface area contributed by atoms with Crippen LogP contribution in [0, 0.1) is 13.8 Å². The first kappa shape index (κ1) is 11.1. The van der Waals surface area contributed by atoms with Crippen LogP contribution in [0.2, 0.25) is 0 Å². The molecule has 0 fully saturated rings. The second-order valence-electron chi connectivity index (χ2n) is 4.01. The highest BCUT2D eigenvalue weighted by Gasteiger charge is 2.09. The monoisotopic (exact) mass is 233 g/mol. The molecule has 16 heavy (non-hydrogen) atoms. The van der Waals surface area contributed by atoms with Gasteiger partial charge in [-0.25, -0.2) is 0 Å². The van der Waals surface area contributed by atoms with Crippen LogP contribution in [0.3, 0.4) is 0 Å². The first-order valence-corrected chi connectivity index (χ1v) is 6.05. The Morgan fingerprint density at radius 1 is 1.31 bits per heavy atom. The van der Waals surface area contributed by atoms with Gasteiger partial charge in [-0.3, -0.25) is 0 Å².